The van der Waals surface area contributed by atoms with Crippen LogP contribution in [-0.2, 0) is 4.74 Å². The highest BCUT2D eigenvalue weighted by molar-refractivity contribution is 4.92. The van der Waals surface area contributed by atoms with Crippen molar-refractivity contribution >= 4 is 0 Å². The Labute approximate surface area is 87.6 Å². The third-order valence-corrected chi connectivity index (χ3v) is 4.12. The van der Waals surface area contributed by atoms with Crippen LogP contribution in [-0.4, -0.2) is 36.7 Å². The van der Waals surface area contributed by atoms with Crippen molar-refractivity contribution in [2.24, 2.45) is 0 Å². The Kier molecular flexibility index (Phi) is 3.45. The number of hydrogen-bond acceptors (Lipinski definition) is 2. The first-order valence-corrected chi connectivity index (χ1v) is 6.20. The first-order chi connectivity index (χ1) is 6.87. The molecule has 0 aromatic heterocycles. The van der Waals surface area contributed by atoms with Gasteiger partial charge in [0.1, 0.15) is 0 Å². The van der Waals surface area contributed by atoms with Gasteiger partial charge in [-0.25, -0.2) is 0 Å². The second-order valence-electron chi connectivity index (χ2n) is 4.74. The average molecular weight is 197 g/mol. The Morgan fingerprint density at radius 3 is 2.29 bits per heavy atom. The summed E-state index contributed by atoms with van der Waals surface area (Å²) >= 11 is 0. The van der Waals surface area contributed by atoms with Gasteiger partial charge in [0.2, 0.25) is 0 Å². The molecule has 1 saturated carbocycles. The Morgan fingerprint density at radius 2 is 1.71 bits per heavy atom. The van der Waals surface area contributed by atoms with Crippen LogP contribution in [0.15, 0.2) is 0 Å². The summed E-state index contributed by atoms with van der Waals surface area (Å²) in [5, 5.41) is 0. The third-order valence-electron chi connectivity index (χ3n) is 4.12. The first kappa shape index (κ1) is 10.4. The molecule has 2 fully saturated rings. The van der Waals surface area contributed by atoms with Gasteiger partial charge in [-0.05, 0) is 19.3 Å². The number of rotatable bonds is 2. The SMILES string of the molecule is CCC1(N2CCOCC2)CCCCC1. The molecule has 0 radical (unpaired) electrons. The summed E-state index contributed by atoms with van der Waals surface area (Å²) in [7, 11) is 0. The summed E-state index contributed by atoms with van der Waals surface area (Å²) in [6.07, 6.45) is 8.49. The highest BCUT2D eigenvalue weighted by atomic mass is 16.5. The molecule has 2 nitrogen and oxygen atoms in total. The molecule has 14 heavy (non-hydrogen) atoms. The van der Waals surface area contributed by atoms with Crippen LogP contribution in [0.1, 0.15) is 45.4 Å². The van der Waals surface area contributed by atoms with Crippen LogP contribution in [0.4, 0.5) is 0 Å². The summed E-state index contributed by atoms with van der Waals surface area (Å²) in [6, 6.07) is 0. The molecule has 2 aliphatic rings. The van der Waals surface area contributed by atoms with Crippen LogP contribution in [0.25, 0.3) is 0 Å². The maximum Gasteiger partial charge on any atom is 0.0594 e. The second-order valence-corrected chi connectivity index (χ2v) is 4.74. The van der Waals surface area contributed by atoms with E-state index < -0.39 is 0 Å². The minimum atomic E-state index is 0.544. The molecule has 1 aliphatic heterocycles. The minimum absolute atomic E-state index is 0.544. The number of ether oxygens (including phenoxy) is 1. The standard InChI is InChI=1S/C12H23NO/c1-2-12(6-4-3-5-7-12)13-8-10-14-11-9-13/h2-11H2,1H3. The van der Waals surface area contributed by atoms with Crippen molar-refractivity contribution in [1.82, 2.24) is 4.90 Å². The molecule has 0 aromatic carbocycles. The zero-order chi connectivity index (χ0) is 9.86. The Hall–Kier alpha value is -0.0800. The molecular formula is C12H23NO. The van der Waals surface area contributed by atoms with Gasteiger partial charge in [-0.1, -0.05) is 26.2 Å². The van der Waals surface area contributed by atoms with E-state index in [0.717, 1.165) is 26.3 Å². The van der Waals surface area contributed by atoms with Crippen molar-refractivity contribution in [3.8, 4) is 0 Å². The summed E-state index contributed by atoms with van der Waals surface area (Å²) in [5.41, 5.74) is 0.544. The van der Waals surface area contributed by atoms with Gasteiger partial charge in [0.15, 0.2) is 0 Å². The molecule has 82 valence electrons. The lowest BCUT2D eigenvalue weighted by molar-refractivity contribution is -0.0390. The summed E-state index contributed by atoms with van der Waals surface area (Å²) in [4.78, 5) is 2.70. The predicted octanol–water partition coefficient (Wildman–Crippen LogP) is 2.43. The highest BCUT2D eigenvalue weighted by Crippen LogP contribution is 2.36. The van der Waals surface area contributed by atoms with Gasteiger partial charge in [0.25, 0.3) is 0 Å². The van der Waals surface area contributed by atoms with Crippen molar-refractivity contribution < 1.29 is 4.74 Å². The fourth-order valence-electron chi connectivity index (χ4n) is 3.14. The van der Waals surface area contributed by atoms with Crippen LogP contribution in [0, 0.1) is 0 Å². The average Bonchev–Trinajstić information content (AvgIpc) is 2.31. The van der Waals surface area contributed by atoms with E-state index in [1.165, 1.54) is 38.5 Å². The van der Waals surface area contributed by atoms with Crippen LogP contribution in [0.2, 0.25) is 0 Å². The van der Waals surface area contributed by atoms with Crippen LogP contribution in [0.5, 0.6) is 0 Å². The van der Waals surface area contributed by atoms with Gasteiger partial charge in [-0.2, -0.15) is 0 Å². The number of hydrogen-bond donors (Lipinski definition) is 0. The minimum Gasteiger partial charge on any atom is -0.379 e. The molecule has 1 heterocycles. The molecule has 0 spiro atoms. The maximum atomic E-state index is 5.44. The molecule has 0 amide bonds. The largest absolute Gasteiger partial charge is 0.379 e. The molecule has 0 bridgehead atoms. The van der Waals surface area contributed by atoms with E-state index in [1.54, 1.807) is 0 Å². The second kappa shape index (κ2) is 4.63. The van der Waals surface area contributed by atoms with Crippen molar-refractivity contribution in [2.45, 2.75) is 51.0 Å². The zero-order valence-corrected chi connectivity index (χ0v) is 9.43. The molecule has 2 rings (SSSR count). The lowest BCUT2D eigenvalue weighted by Crippen LogP contribution is -2.54. The summed E-state index contributed by atoms with van der Waals surface area (Å²) in [5.74, 6) is 0. The monoisotopic (exact) mass is 197 g/mol. The molecular weight excluding hydrogens is 174 g/mol. The fraction of sp³-hybridized carbons (Fsp3) is 1.00. The van der Waals surface area contributed by atoms with Crippen molar-refractivity contribution in [2.75, 3.05) is 26.3 Å². The van der Waals surface area contributed by atoms with E-state index in [-0.39, 0.29) is 0 Å². The fourth-order valence-corrected chi connectivity index (χ4v) is 3.14. The van der Waals surface area contributed by atoms with Crippen LogP contribution >= 0.6 is 0 Å². The van der Waals surface area contributed by atoms with Gasteiger partial charge in [0.05, 0.1) is 13.2 Å². The van der Waals surface area contributed by atoms with Crippen LogP contribution < -0.4 is 0 Å². The molecule has 2 heteroatoms. The zero-order valence-electron chi connectivity index (χ0n) is 9.43. The lowest BCUT2D eigenvalue weighted by Gasteiger charge is -2.47. The lowest BCUT2D eigenvalue weighted by atomic mass is 9.78. The van der Waals surface area contributed by atoms with Gasteiger partial charge in [0, 0.05) is 18.6 Å². The molecule has 0 unspecified atom stereocenters. The maximum absolute atomic E-state index is 5.44. The van der Waals surface area contributed by atoms with Crippen molar-refractivity contribution in [3.63, 3.8) is 0 Å². The van der Waals surface area contributed by atoms with Crippen molar-refractivity contribution in [3.05, 3.63) is 0 Å². The van der Waals surface area contributed by atoms with E-state index in [2.05, 4.69) is 11.8 Å². The normalized spacial score (nSPS) is 28.9. The topological polar surface area (TPSA) is 12.5 Å². The van der Waals surface area contributed by atoms with Gasteiger partial charge < -0.3 is 4.74 Å². The van der Waals surface area contributed by atoms with E-state index >= 15 is 0 Å². The van der Waals surface area contributed by atoms with E-state index in [9.17, 15) is 0 Å². The number of nitrogens with zero attached hydrogens (tertiary/aromatic N) is 1. The molecule has 0 atom stereocenters. The van der Waals surface area contributed by atoms with Crippen LogP contribution in [0.3, 0.4) is 0 Å². The van der Waals surface area contributed by atoms with Crippen molar-refractivity contribution in [1.29, 1.82) is 0 Å². The summed E-state index contributed by atoms with van der Waals surface area (Å²) in [6.45, 7) is 6.58. The van der Waals surface area contributed by atoms with Gasteiger partial charge in [-0.15, -0.1) is 0 Å². The first-order valence-electron chi connectivity index (χ1n) is 6.20. The Bertz CT molecular complexity index is 169. The molecule has 0 N–H and O–H groups in total. The Morgan fingerprint density at radius 1 is 1.07 bits per heavy atom. The molecule has 1 saturated heterocycles. The quantitative estimate of drug-likeness (QED) is 0.674. The van der Waals surface area contributed by atoms with Gasteiger partial charge >= 0.3 is 0 Å². The van der Waals surface area contributed by atoms with E-state index in [4.69, 9.17) is 4.74 Å². The Balaban J connectivity index is 2.01. The third kappa shape index (κ3) is 1.96. The smallest absolute Gasteiger partial charge is 0.0594 e. The number of morpholine rings is 1. The molecule has 0 aromatic rings. The summed E-state index contributed by atoms with van der Waals surface area (Å²) < 4.78 is 5.44. The predicted molar refractivity (Wildman–Crippen MR) is 58.5 cm³/mol. The molecule has 1 aliphatic carbocycles. The van der Waals surface area contributed by atoms with Gasteiger partial charge in [-0.3, -0.25) is 4.90 Å². The van der Waals surface area contributed by atoms with E-state index in [0.29, 0.717) is 5.54 Å². The highest BCUT2D eigenvalue weighted by Gasteiger charge is 2.36. The van der Waals surface area contributed by atoms with E-state index in [1.807, 2.05) is 0 Å².